The fourth-order valence-electron chi connectivity index (χ4n) is 0.809. The maximum atomic E-state index is 9.37. The first-order chi connectivity index (χ1) is 5.75. The molecule has 0 bridgehead atoms. The molecule has 0 amide bonds. The number of aliphatic hydroxyl groups is 2. The molecular weight excluding hydrogens is 182 g/mol. The molecule has 0 aliphatic rings. The normalized spacial score (nSPS) is 15.9. The molecule has 6 heteroatoms. The number of halogens is 1. The number of H-pyrrole nitrogens is 1. The van der Waals surface area contributed by atoms with Gasteiger partial charge in [-0.25, -0.2) is 4.98 Å². The van der Waals surface area contributed by atoms with Gasteiger partial charge in [0, 0.05) is 5.88 Å². The molecule has 0 saturated heterocycles. The van der Waals surface area contributed by atoms with Crippen LogP contribution in [0.2, 0.25) is 0 Å². The van der Waals surface area contributed by atoms with Crippen LogP contribution in [0.15, 0.2) is 6.33 Å². The third-order valence-electron chi connectivity index (χ3n) is 1.48. The average molecular weight is 192 g/mol. The highest BCUT2D eigenvalue weighted by Crippen LogP contribution is 2.14. The molecule has 0 fully saturated rings. The Bertz CT molecular complexity index is 217. The van der Waals surface area contributed by atoms with Crippen molar-refractivity contribution in [2.45, 2.75) is 18.6 Å². The van der Waals surface area contributed by atoms with E-state index in [0.29, 0.717) is 12.3 Å². The van der Waals surface area contributed by atoms with Crippen LogP contribution in [0.5, 0.6) is 0 Å². The van der Waals surface area contributed by atoms with Gasteiger partial charge in [0.15, 0.2) is 5.82 Å². The summed E-state index contributed by atoms with van der Waals surface area (Å²) < 4.78 is 0. The van der Waals surface area contributed by atoms with Gasteiger partial charge in [-0.15, -0.1) is 11.6 Å². The molecule has 12 heavy (non-hydrogen) atoms. The van der Waals surface area contributed by atoms with Gasteiger partial charge in [-0.3, -0.25) is 5.10 Å². The number of aromatic nitrogens is 3. The van der Waals surface area contributed by atoms with Crippen molar-refractivity contribution in [2.75, 3.05) is 5.88 Å². The summed E-state index contributed by atoms with van der Waals surface area (Å²) >= 11 is 5.38. The highest BCUT2D eigenvalue weighted by Gasteiger charge is 2.19. The first-order valence-corrected chi connectivity index (χ1v) is 4.06. The van der Waals surface area contributed by atoms with Crippen LogP contribution < -0.4 is 0 Å². The van der Waals surface area contributed by atoms with Gasteiger partial charge in [-0.05, 0) is 6.42 Å². The van der Waals surface area contributed by atoms with Gasteiger partial charge in [0.25, 0.3) is 0 Å². The molecule has 0 radical (unpaired) electrons. The fraction of sp³-hybridized carbons (Fsp3) is 0.667. The summed E-state index contributed by atoms with van der Waals surface area (Å²) in [5, 5.41) is 24.6. The van der Waals surface area contributed by atoms with Gasteiger partial charge in [0.1, 0.15) is 12.4 Å². The van der Waals surface area contributed by atoms with Gasteiger partial charge < -0.3 is 10.2 Å². The van der Waals surface area contributed by atoms with Crippen molar-refractivity contribution < 1.29 is 10.2 Å². The molecular formula is C6H10ClN3O2. The zero-order chi connectivity index (χ0) is 8.97. The molecule has 0 saturated carbocycles. The van der Waals surface area contributed by atoms with Gasteiger partial charge in [-0.2, -0.15) is 5.10 Å². The quantitative estimate of drug-likeness (QED) is 0.577. The van der Waals surface area contributed by atoms with Crippen LogP contribution >= 0.6 is 11.6 Å². The minimum Gasteiger partial charge on any atom is -0.390 e. The Labute approximate surface area is 74.4 Å². The van der Waals surface area contributed by atoms with Crippen LogP contribution in [0.3, 0.4) is 0 Å². The zero-order valence-corrected chi connectivity index (χ0v) is 7.07. The summed E-state index contributed by atoms with van der Waals surface area (Å²) in [4.78, 5) is 3.70. The highest BCUT2D eigenvalue weighted by atomic mass is 35.5. The summed E-state index contributed by atoms with van der Waals surface area (Å²) in [6.45, 7) is 0. The lowest BCUT2D eigenvalue weighted by molar-refractivity contribution is 0.0119. The predicted octanol–water partition coefficient (Wildman–Crippen LogP) is -0.172. The maximum Gasteiger partial charge on any atom is 0.155 e. The Hall–Kier alpha value is -0.650. The Morgan fingerprint density at radius 3 is 2.83 bits per heavy atom. The number of hydrogen-bond acceptors (Lipinski definition) is 4. The Morgan fingerprint density at radius 2 is 2.33 bits per heavy atom. The molecule has 0 aliphatic heterocycles. The monoisotopic (exact) mass is 191 g/mol. The Kier molecular flexibility index (Phi) is 3.46. The maximum absolute atomic E-state index is 9.37. The van der Waals surface area contributed by atoms with Crippen LogP contribution in [-0.4, -0.2) is 37.4 Å². The second-order valence-corrected chi connectivity index (χ2v) is 2.74. The molecule has 68 valence electrons. The van der Waals surface area contributed by atoms with Gasteiger partial charge in [0.05, 0.1) is 6.10 Å². The molecule has 0 spiro atoms. The summed E-state index contributed by atoms with van der Waals surface area (Å²) in [5.74, 6) is 0.555. The third-order valence-corrected chi connectivity index (χ3v) is 1.70. The number of hydrogen-bond donors (Lipinski definition) is 3. The third kappa shape index (κ3) is 2.17. The standard InChI is InChI=1S/C6H10ClN3O2/c7-2-1-4(11)5(12)6-8-3-9-10-6/h3-5,11-12H,1-2H2,(H,8,9,10). The van der Waals surface area contributed by atoms with E-state index in [2.05, 4.69) is 15.2 Å². The predicted molar refractivity (Wildman–Crippen MR) is 42.7 cm³/mol. The smallest absolute Gasteiger partial charge is 0.155 e. The first-order valence-electron chi connectivity index (χ1n) is 3.53. The van der Waals surface area contributed by atoms with E-state index in [9.17, 15) is 10.2 Å². The molecule has 2 atom stereocenters. The van der Waals surface area contributed by atoms with E-state index in [1.807, 2.05) is 0 Å². The Morgan fingerprint density at radius 1 is 1.58 bits per heavy atom. The van der Waals surface area contributed by atoms with E-state index in [4.69, 9.17) is 11.6 Å². The molecule has 2 unspecified atom stereocenters. The topological polar surface area (TPSA) is 82.0 Å². The lowest BCUT2D eigenvalue weighted by Crippen LogP contribution is -2.19. The molecule has 0 aromatic carbocycles. The van der Waals surface area contributed by atoms with Crippen LogP contribution in [0.1, 0.15) is 18.3 Å². The van der Waals surface area contributed by atoms with Crippen LogP contribution in [0.25, 0.3) is 0 Å². The van der Waals surface area contributed by atoms with E-state index >= 15 is 0 Å². The second-order valence-electron chi connectivity index (χ2n) is 2.36. The molecule has 0 aliphatic carbocycles. The van der Waals surface area contributed by atoms with E-state index in [1.165, 1.54) is 6.33 Å². The van der Waals surface area contributed by atoms with Gasteiger partial charge >= 0.3 is 0 Å². The molecule has 1 rings (SSSR count). The minimum absolute atomic E-state index is 0.257. The molecule has 1 heterocycles. The van der Waals surface area contributed by atoms with E-state index in [-0.39, 0.29) is 5.82 Å². The number of aromatic amines is 1. The van der Waals surface area contributed by atoms with Crippen molar-refractivity contribution in [1.82, 2.24) is 15.2 Å². The van der Waals surface area contributed by atoms with E-state index < -0.39 is 12.2 Å². The van der Waals surface area contributed by atoms with Gasteiger partial charge in [0.2, 0.25) is 0 Å². The largest absolute Gasteiger partial charge is 0.390 e. The van der Waals surface area contributed by atoms with Crippen LogP contribution in [-0.2, 0) is 0 Å². The molecule has 5 nitrogen and oxygen atoms in total. The van der Waals surface area contributed by atoms with Crippen molar-refractivity contribution in [3.63, 3.8) is 0 Å². The van der Waals surface area contributed by atoms with Crippen molar-refractivity contribution >= 4 is 11.6 Å². The zero-order valence-electron chi connectivity index (χ0n) is 6.31. The van der Waals surface area contributed by atoms with Crippen LogP contribution in [0, 0.1) is 0 Å². The summed E-state index contributed by atoms with van der Waals surface area (Å²) in [6, 6.07) is 0. The fourth-order valence-corrected chi connectivity index (χ4v) is 1.03. The first kappa shape index (κ1) is 9.44. The number of alkyl halides is 1. The van der Waals surface area contributed by atoms with Gasteiger partial charge in [-0.1, -0.05) is 0 Å². The lowest BCUT2D eigenvalue weighted by Gasteiger charge is -2.13. The average Bonchev–Trinajstić information content (AvgIpc) is 2.55. The number of rotatable bonds is 4. The van der Waals surface area contributed by atoms with Crippen molar-refractivity contribution in [3.05, 3.63) is 12.2 Å². The minimum atomic E-state index is -1.04. The van der Waals surface area contributed by atoms with Crippen molar-refractivity contribution in [2.24, 2.45) is 0 Å². The number of aliphatic hydroxyl groups excluding tert-OH is 2. The summed E-state index contributed by atoms with van der Waals surface area (Å²) in [7, 11) is 0. The number of nitrogens with zero attached hydrogens (tertiary/aromatic N) is 2. The van der Waals surface area contributed by atoms with E-state index in [1.54, 1.807) is 0 Å². The van der Waals surface area contributed by atoms with E-state index in [0.717, 1.165) is 0 Å². The molecule has 3 N–H and O–H groups in total. The number of nitrogens with one attached hydrogen (secondary N) is 1. The summed E-state index contributed by atoms with van der Waals surface area (Å²) in [6.07, 6.45) is -0.336. The SMILES string of the molecule is OC(CCCl)C(O)c1ncn[nH]1. The highest BCUT2D eigenvalue weighted by molar-refractivity contribution is 6.17. The molecule has 1 aromatic rings. The van der Waals surface area contributed by atoms with Crippen molar-refractivity contribution in [1.29, 1.82) is 0 Å². The molecule has 1 aromatic heterocycles. The second kappa shape index (κ2) is 4.39. The van der Waals surface area contributed by atoms with Crippen molar-refractivity contribution in [3.8, 4) is 0 Å². The Balaban J connectivity index is 2.53. The summed E-state index contributed by atoms with van der Waals surface area (Å²) in [5.41, 5.74) is 0. The van der Waals surface area contributed by atoms with Crippen LogP contribution in [0.4, 0.5) is 0 Å². The lowest BCUT2D eigenvalue weighted by atomic mass is 10.1.